The van der Waals surface area contributed by atoms with Crippen molar-refractivity contribution in [2.24, 2.45) is 5.92 Å². The topological polar surface area (TPSA) is 73.3 Å². The van der Waals surface area contributed by atoms with E-state index in [9.17, 15) is 4.79 Å². The number of aromatic nitrogens is 2. The fraction of sp³-hybridized carbons (Fsp3) is 0.688. The van der Waals surface area contributed by atoms with Gasteiger partial charge in [0, 0.05) is 18.5 Å². The van der Waals surface area contributed by atoms with E-state index in [0.29, 0.717) is 18.3 Å². The van der Waals surface area contributed by atoms with Crippen LogP contribution >= 0.6 is 0 Å². The number of carbonyl (C=O) groups is 1. The highest BCUT2D eigenvalue weighted by Crippen LogP contribution is 2.39. The normalized spacial score (nSPS) is 22.5. The van der Waals surface area contributed by atoms with Gasteiger partial charge in [-0.1, -0.05) is 0 Å². The van der Waals surface area contributed by atoms with Crippen LogP contribution in [-0.2, 0) is 14.3 Å². The lowest BCUT2D eigenvalue weighted by Gasteiger charge is -2.17. The third kappa shape index (κ3) is 4.24. The molecule has 6 heteroatoms. The van der Waals surface area contributed by atoms with Crippen LogP contribution in [0, 0.1) is 12.8 Å². The average Bonchev–Trinajstić information content (AvgIpc) is 3.21. The van der Waals surface area contributed by atoms with Gasteiger partial charge in [0.15, 0.2) is 5.82 Å². The van der Waals surface area contributed by atoms with Crippen LogP contribution in [0.4, 0.5) is 0 Å². The van der Waals surface area contributed by atoms with Gasteiger partial charge in [0.1, 0.15) is 6.61 Å². The Morgan fingerprint density at radius 1 is 1.50 bits per heavy atom. The molecule has 0 aromatic carbocycles. The highest BCUT2D eigenvalue weighted by molar-refractivity contribution is 5.77. The third-order valence-corrected chi connectivity index (χ3v) is 4.06. The number of amides is 1. The van der Waals surface area contributed by atoms with Gasteiger partial charge in [-0.05, 0) is 44.6 Å². The molecule has 6 nitrogen and oxygen atoms in total. The van der Waals surface area contributed by atoms with E-state index in [4.69, 9.17) is 9.47 Å². The van der Waals surface area contributed by atoms with E-state index in [1.807, 2.05) is 13.0 Å². The predicted molar refractivity (Wildman–Crippen MR) is 80.2 cm³/mol. The van der Waals surface area contributed by atoms with E-state index >= 15 is 0 Å². The summed E-state index contributed by atoms with van der Waals surface area (Å²) in [6.07, 6.45) is 6.20. The minimum Gasteiger partial charge on any atom is -0.376 e. The molecular weight excluding hydrogens is 282 g/mol. The Morgan fingerprint density at radius 2 is 2.36 bits per heavy atom. The van der Waals surface area contributed by atoms with Crippen molar-refractivity contribution in [3.8, 4) is 0 Å². The molecule has 22 heavy (non-hydrogen) atoms. The van der Waals surface area contributed by atoms with Gasteiger partial charge >= 0.3 is 0 Å². The van der Waals surface area contributed by atoms with Crippen LogP contribution in [0.3, 0.4) is 0 Å². The monoisotopic (exact) mass is 305 g/mol. The van der Waals surface area contributed by atoms with Crippen molar-refractivity contribution in [1.82, 2.24) is 15.3 Å². The molecule has 2 fully saturated rings. The molecule has 1 amide bonds. The summed E-state index contributed by atoms with van der Waals surface area (Å²) in [7, 11) is 0. The minimum absolute atomic E-state index is 0.0644. The molecule has 1 saturated heterocycles. The highest BCUT2D eigenvalue weighted by atomic mass is 16.5. The van der Waals surface area contributed by atoms with Gasteiger partial charge in [0.25, 0.3) is 0 Å². The lowest BCUT2D eigenvalue weighted by atomic mass is 10.1. The number of carbonyl (C=O) groups excluding carboxylic acids is 1. The smallest absolute Gasteiger partial charge is 0.246 e. The molecule has 1 aromatic rings. The first-order valence-corrected chi connectivity index (χ1v) is 8.00. The fourth-order valence-corrected chi connectivity index (χ4v) is 2.71. The Labute approximate surface area is 130 Å². The molecule has 1 aromatic heterocycles. The summed E-state index contributed by atoms with van der Waals surface area (Å²) in [5.74, 6) is 1.04. The molecule has 2 unspecified atom stereocenters. The van der Waals surface area contributed by atoms with Crippen LogP contribution in [0.2, 0.25) is 0 Å². The zero-order valence-electron chi connectivity index (χ0n) is 13.0. The van der Waals surface area contributed by atoms with Crippen LogP contribution < -0.4 is 5.32 Å². The Morgan fingerprint density at radius 3 is 3.05 bits per heavy atom. The lowest BCUT2D eigenvalue weighted by molar-refractivity contribution is -0.127. The molecule has 1 saturated carbocycles. The summed E-state index contributed by atoms with van der Waals surface area (Å²) in [5.41, 5.74) is 0.916. The Balaban J connectivity index is 1.49. The molecule has 3 rings (SSSR count). The van der Waals surface area contributed by atoms with Crippen LogP contribution in [0.1, 0.15) is 43.2 Å². The first-order chi connectivity index (χ1) is 10.7. The molecule has 2 heterocycles. The maximum absolute atomic E-state index is 12.1. The highest BCUT2D eigenvalue weighted by Gasteiger charge is 2.35. The number of nitrogens with one attached hydrogen (secondary N) is 1. The summed E-state index contributed by atoms with van der Waals surface area (Å²) in [6.45, 7) is 3.29. The molecule has 0 radical (unpaired) electrons. The second-order valence-corrected chi connectivity index (χ2v) is 6.09. The van der Waals surface area contributed by atoms with Crippen molar-refractivity contribution < 1.29 is 14.3 Å². The molecule has 0 spiro atoms. The van der Waals surface area contributed by atoms with Crippen molar-refractivity contribution >= 4 is 5.91 Å². The van der Waals surface area contributed by atoms with E-state index in [-0.39, 0.29) is 24.7 Å². The quantitative estimate of drug-likeness (QED) is 0.827. The molecule has 1 aliphatic carbocycles. The number of nitrogens with zero attached hydrogens (tertiary/aromatic N) is 2. The maximum Gasteiger partial charge on any atom is 0.246 e. The van der Waals surface area contributed by atoms with Crippen LogP contribution in [-0.4, -0.2) is 41.8 Å². The summed E-state index contributed by atoms with van der Waals surface area (Å²) >= 11 is 0. The van der Waals surface area contributed by atoms with E-state index in [1.54, 1.807) is 6.20 Å². The van der Waals surface area contributed by atoms with Gasteiger partial charge in [-0.3, -0.25) is 4.79 Å². The van der Waals surface area contributed by atoms with Gasteiger partial charge in [-0.25, -0.2) is 9.97 Å². The maximum atomic E-state index is 12.1. The first kappa shape index (κ1) is 15.4. The van der Waals surface area contributed by atoms with Gasteiger partial charge in [-0.2, -0.15) is 0 Å². The number of hydrogen-bond donors (Lipinski definition) is 1. The lowest BCUT2D eigenvalue weighted by Crippen LogP contribution is -2.34. The average molecular weight is 305 g/mol. The molecular formula is C16H23N3O3. The summed E-state index contributed by atoms with van der Waals surface area (Å²) < 4.78 is 10.9. The molecule has 1 N–H and O–H groups in total. The van der Waals surface area contributed by atoms with Crippen LogP contribution in [0.5, 0.6) is 0 Å². The standard InChI is InChI=1S/C16H23N3O3/c1-11-6-7-17-16(18-11)15(12-4-5-12)19-14(20)10-21-9-13-3-2-8-22-13/h6-7,12-13,15H,2-5,8-10H2,1H3,(H,19,20). The fourth-order valence-electron chi connectivity index (χ4n) is 2.71. The molecule has 2 aliphatic rings. The number of ether oxygens (including phenoxy) is 2. The van der Waals surface area contributed by atoms with Crippen molar-refractivity contribution in [2.75, 3.05) is 19.8 Å². The van der Waals surface area contributed by atoms with E-state index in [2.05, 4.69) is 15.3 Å². The minimum atomic E-state index is -0.111. The van der Waals surface area contributed by atoms with Crippen LogP contribution in [0.25, 0.3) is 0 Å². The number of rotatable bonds is 7. The van der Waals surface area contributed by atoms with Gasteiger partial charge in [-0.15, -0.1) is 0 Å². The Hall–Kier alpha value is -1.53. The summed E-state index contributed by atoms with van der Waals surface area (Å²) in [5, 5.41) is 3.02. The van der Waals surface area contributed by atoms with E-state index in [0.717, 1.165) is 38.0 Å². The molecule has 2 atom stereocenters. The van der Waals surface area contributed by atoms with Gasteiger partial charge in [0.05, 0.1) is 18.8 Å². The number of hydrogen-bond acceptors (Lipinski definition) is 5. The van der Waals surface area contributed by atoms with E-state index < -0.39 is 0 Å². The zero-order valence-corrected chi connectivity index (χ0v) is 13.0. The number of aryl methyl sites for hydroxylation is 1. The predicted octanol–water partition coefficient (Wildman–Crippen LogP) is 1.55. The molecule has 0 bridgehead atoms. The molecule has 1 aliphatic heterocycles. The van der Waals surface area contributed by atoms with Crippen molar-refractivity contribution in [2.45, 2.75) is 44.8 Å². The van der Waals surface area contributed by atoms with Crippen molar-refractivity contribution in [1.29, 1.82) is 0 Å². The first-order valence-electron chi connectivity index (χ1n) is 8.00. The largest absolute Gasteiger partial charge is 0.376 e. The van der Waals surface area contributed by atoms with Gasteiger partial charge < -0.3 is 14.8 Å². The summed E-state index contributed by atoms with van der Waals surface area (Å²) in [4.78, 5) is 20.8. The van der Waals surface area contributed by atoms with Crippen molar-refractivity contribution in [3.05, 3.63) is 23.8 Å². The zero-order chi connectivity index (χ0) is 15.4. The second kappa shape index (κ2) is 7.15. The van der Waals surface area contributed by atoms with Gasteiger partial charge in [0.2, 0.25) is 5.91 Å². The Bertz CT molecular complexity index is 513. The second-order valence-electron chi connectivity index (χ2n) is 6.09. The Kier molecular flexibility index (Phi) is 5.00. The van der Waals surface area contributed by atoms with Crippen LogP contribution in [0.15, 0.2) is 12.3 Å². The van der Waals surface area contributed by atoms with Crippen molar-refractivity contribution in [3.63, 3.8) is 0 Å². The third-order valence-electron chi connectivity index (χ3n) is 4.06. The molecule has 120 valence electrons. The SMILES string of the molecule is Cc1ccnc(C(NC(=O)COCC2CCCO2)C2CC2)n1. The summed E-state index contributed by atoms with van der Waals surface area (Å²) in [6, 6.07) is 1.76. The van der Waals surface area contributed by atoms with E-state index in [1.165, 1.54) is 0 Å².